The van der Waals surface area contributed by atoms with Gasteiger partial charge in [0.15, 0.2) is 0 Å². The molecule has 0 bridgehead atoms. The van der Waals surface area contributed by atoms with E-state index >= 15 is 0 Å². The number of anilines is 1. The number of nitro benzene ring substituents is 1. The number of hydrogen-bond donors (Lipinski definition) is 2. The van der Waals surface area contributed by atoms with E-state index in [1.54, 1.807) is 16.8 Å². The number of nitrogens with one attached hydrogen (secondary N) is 2. The molecule has 3 aromatic rings. The van der Waals surface area contributed by atoms with Gasteiger partial charge in [0.05, 0.1) is 16.9 Å². The molecule has 1 unspecified atom stereocenters. The first-order chi connectivity index (χ1) is 13.8. The Labute approximate surface area is 165 Å². The van der Waals surface area contributed by atoms with Crippen molar-refractivity contribution in [2.75, 3.05) is 11.9 Å². The maximum atomic E-state index is 12.2. The lowest BCUT2D eigenvalue weighted by molar-refractivity contribution is -0.384. The molecular weight excluding hydrogens is 378 g/mol. The maximum Gasteiger partial charge on any atom is 0.313 e. The van der Waals surface area contributed by atoms with Crippen molar-refractivity contribution in [1.29, 1.82) is 0 Å². The Balaban J connectivity index is 1.66. The summed E-state index contributed by atoms with van der Waals surface area (Å²) in [5.74, 6) is -1.14. The Morgan fingerprint density at radius 2 is 1.93 bits per heavy atom. The van der Waals surface area contributed by atoms with E-state index in [0.717, 1.165) is 11.4 Å². The number of nitrogens with zero attached hydrogens (tertiary/aromatic N) is 3. The van der Waals surface area contributed by atoms with Crippen molar-refractivity contribution in [1.82, 2.24) is 15.1 Å². The number of hydrogen-bond acceptors (Lipinski definition) is 6. The number of amides is 2. The van der Waals surface area contributed by atoms with Crippen LogP contribution < -0.4 is 10.6 Å². The zero-order chi connectivity index (χ0) is 21.0. The number of rotatable bonds is 6. The predicted octanol–water partition coefficient (Wildman–Crippen LogP) is 2.35. The van der Waals surface area contributed by atoms with E-state index in [-0.39, 0.29) is 17.9 Å². The molecule has 0 fully saturated rings. The van der Waals surface area contributed by atoms with E-state index in [4.69, 9.17) is 4.42 Å². The van der Waals surface area contributed by atoms with E-state index in [9.17, 15) is 19.7 Å². The van der Waals surface area contributed by atoms with Crippen LogP contribution in [-0.2, 0) is 9.59 Å². The topological polar surface area (TPSA) is 132 Å². The molecule has 150 valence electrons. The van der Waals surface area contributed by atoms with Gasteiger partial charge in [-0.25, -0.2) is 0 Å². The Bertz CT molecular complexity index is 1020. The summed E-state index contributed by atoms with van der Waals surface area (Å²) in [5.41, 5.74) is 1.87. The van der Waals surface area contributed by atoms with Crippen LogP contribution >= 0.6 is 0 Å². The molecule has 0 aliphatic rings. The first-order valence-corrected chi connectivity index (χ1v) is 8.75. The van der Waals surface area contributed by atoms with Crippen LogP contribution in [0.3, 0.4) is 0 Å². The lowest BCUT2D eigenvalue weighted by atomic mass is 10.2. The second-order valence-electron chi connectivity index (χ2n) is 6.37. The molecule has 0 aliphatic carbocycles. The van der Waals surface area contributed by atoms with Crippen molar-refractivity contribution < 1.29 is 18.9 Å². The van der Waals surface area contributed by atoms with Gasteiger partial charge in [-0.15, -0.1) is 0 Å². The molecule has 1 atom stereocenters. The fraction of sp³-hybridized carbons (Fsp3) is 0.211. The van der Waals surface area contributed by atoms with Gasteiger partial charge < -0.3 is 15.1 Å². The minimum atomic E-state index is -0.884. The molecule has 0 aliphatic heterocycles. The van der Waals surface area contributed by atoms with Gasteiger partial charge in [0.1, 0.15) is 11.8 Å². The summed E-state index contributed by atoms with van der Waals surface area (Å²) in [5, 5.41) is 20.1. The van der Waals surface area contributed by atoms with Crippen molar-refractivity contribution >= 4 is 23.2 Å². The highest BCUT2D eigenvalue weighted by molar-refractivity contribution is 6.39. The minimum absolute atomic E-state index is 0.0853. The van der Waals surface area contributed by atoms with E-state index in [1.165, 1.54) is 30.5 Å². The van der Waals surface area contributed by atoms with Crippen LogP contribution in [0.1, 0.15) is 23.2 Å². The number of nitro groups is 1. The summed E-state index contributed by atoms with van der Waals surface area (Å²) >= 11 is 0. The zero-order valence-electron chi connectivity index (χ0n) is 15.8. The molecule has 2 N–H and O–H groups in total. The SMILES string of the molecule is Cc1cc(C)n(C(CNC(=O)C(=O)Nc2ccc([N+](=O)[O-])cc2)c2ccco2)n1. The molecular formula is C19H19N5O5. The molecule has 2 amide bonds. The molecule has 0 radical (unpaired) electrons. The second kappa shape index (κ2) is 8.38. The third-order valence-corrected chi connectivity index (χ3v) is 4.21. The number of aromatic nitrogens is 2. The number of non-ortho nitro benzene ring substituents is 1. The molecule has 0 saturated carbocycles. The normalized spacial score (nSPS) is 11.7. The summed E-state index contributed by atoms with van der Waals surface area (Å²) in [6.07, 6.45) is 1.52. The average molecular weight is 397 g/mol. The minimum Gasteiger partial charge on any atom is -0.467 e. The van der Waals surface area contributed by atoms with Gasteiger partial charge in [0.2, 0.25) is 0 Å². The second-order valence-corrected chi connectivity index (χ2v) is 6.37. The number of carbonyl (C=O) groups excluding carboxylic acids is 2. The van der Waals surface area contributed by atoms with Crippen LogP contribution in [0.25, 0.3) is 0 Å². The lowest BCUT2D eigenvalue weighted by Gasteiger charge is -2.18. The number of aryl methyl sites for hydroxylation is 2. The highest BCUT2D eigenvalue weighted by Crippen LogP contribution is 2.20. The summed E-state index contributed by atoms with van der Waals surface area (Å²) in [7, 11) is 0. The van der Waals surface area contributed by atoms with Crippen LogP contribution in [0.5, 0.6) is 0 Å². The molecule has 3 rings (SSSR count). The van der Waals surface area contributed by atoms with Gasteiger partial charge in [-0.3, -0.25) is 24.4 Å². The van der Waals surface area contributed by atoms with Crippen molar-refractivity contribution in [3.63, 3.8) is 0 Å². The molecule has 0 saturated heterocycles. The number of furan rings is 1. The van der Waals surface area contributed by atoms with Gasteiger partial charge >= 0.3 is 11.8 Å². The molecule has 2 aromatic heterocycles. The Morgan fingerprint density at radius 1 is 1.21 bits per heavy atom. The third kappa shape index (κ3) is 4.67. The van der Waals surface area contributed by atoms with E-state index in [0.29, 0.717) is 5.76 Å². The molecule has 0 spiro atoms. The van der Waals surface area contributed by atoms with Crippen LogP contribution in [0.4, 0.5) is 11.4 Å². The number of benzene rings is 1. The highest BCUT2D eigenvalue weighted by atomic mass is 16.6. The fourth-order valence-electron chi connectivity index (χ4n) is 2.87. The summed E-state index contributed by atoms with van der Waals surface area (Å²) in [4.78, 5) is 34.5. The van der Waals surface area contributed by atoms with Gasteiger partial charge in [-0.2, -0.15) is 5.10 Å². The lowest BCUT2D eigenvalue weighted by Crippen LogP contribution is -2.39. The van der Waals surface area contributed by atoms with Gasteiger partial charge in [-0.05, 0) is 44.2 Å². The van der Waals surface area contributed by atoms with Gasteiger partial charge in [0.25, 0.3) is 5.69 Å². The first kappa shape index (κ1) is 19.8. The fourth-order valence-corrected chi connectivity index (χ4v) is 2.87. The maximum absolute atomic E-state index is 12.2. The Morgan fingerprint density at radius 3 is 2.48 bits per heavy atom. The van der Waals surface area contributed by atoms with E-state index < -0.39 is 22.8 Å². The molecule has 1 aromatic carbocycles. The van der Waals surface area contributed by atoms with Crippen molar-refractivity contribution in [2.45, 2.75) is 19.9 Å². The summed E-state index contributed by atoms with van der Waals surface area (Å²) in [6.45, 7) is 3.83. The standard InChI is InChI=1S/C19H19N5O5/c1-12-10-13(2)23(22-12)16(17-4-3-9-29-17)11-20-18(25)19(26)21-14-5-7-15(8-6-14)24(27)28/h3-10,16H,11H2,1-2H3,(H,20,25)(H,21,26). The van der Waals surface area contributed by atoms with Gasteiger partial charge in [-0.1, -0.05) is 0 Å². The summed E-state index contributed by atoms with van der Waals surface area (Å²) < 4.78 is 7.19. The largest absolute Gasteiger partial charge is 0.467 e. The highest BCUT2D eigenvalue weighted by Gasteiger charge is 2.22. The first-order valence-electron chi connectivity index (χ1n) is 8.75. The molecule has 10 heteroatoms. The Hall–Kier alpha value is -3.95. The molecule has 2 heterocycles. The van der Waals surface area contributed by atoms with E-state index in [2.05, 4.69) is 15.7 Å². The van der Waals surface area contributed by atoms with E-state index in [1.807, 2.05) is 19.9 Å². The molecule has 10 nitrogen and oxygen atoms in total. The van der Waals surface area contributed by atoms with Crippen molar-refractivity contribution in [3.8, 4) is 0 Å². The van der Waals surface area contributed by atoms with Crippen LogP contribution in [-0.4, -0.2) is 33.1 Å². The number of carbonyl (C=O) groups is 2. The Kier molecular flexibility index (Phi) is 5.72. The van der Waals surface area contributed by atoms with Gasteiger partial charge in [0, 0.05) is 30.1 Å². The van der Waals surface area contributed by atoms with Crippen LogP contribution in [0, 0.1) is 24.0 Å². The monoisotopic (exact) mass is 397 g/mol. The average Bonchev–Trinajstić information content (AvgIpc) is 3.32. The van der Waals surface area contributed by atoms with Crippen molar-refractivity contribution in [2.24, 2.45) is 0 Å². The quantitative estimate of drug-likeness (QED) is 0.373. The van der Waals surface area contributed by atoms with Crippen LogP contribution in [0.2, 0.25) is 0 Å². The molecule has 29 heavy (non-hydrogen) atoms. The predicted molar refractivity (Wildman–Crippen MR) is 103 cm³/mol. The van der Waals surface area contributed by atoms with Crippen LogP contribution in [0.15, 0.2) is 53.1 Å². The van der Waals surface area contributed by atoms with Crippen molar-refractivity contribution in [3.05, 3.63) is 76.0 Å². The third-order valence-electron chi connectivity index (χ3n) is 4.21. The zero-order valence-corrected chi connectivity index (χ0v) is 15.8. The smallest absolute Gasteiger partial charge is 0.313 e. The summed E-state index contributed by atoms with van der Waals surface area (Å²) in [6, 6.07) is 10.2.